The van der Waals surface area contributed by atoms with Crippen molar-refractivity contribution in [2.24, 2.45) is 23.5 Å². The molecular formula is C15H18F2N2S. The van der Waals surface area contributed by atoms with Gasteiger partial charge in [0.1, 0.15) is 22.3 Å². The number of benzene rings is 1. The summed E-state index contributed by atoms with van der Waals surface area (Å²) in [6.07, 6.45) is 5.07. The summed E-state index contributed by atoms with van der Waals surface area (Å²) in [6.45, 7) is 0.640. The quantitative estimate of drug-likeness (QED) is 0.836. The van der Waals surface area contributed by atoms with Gasteiger partial charge in [0.05, 0.1) is 0 Å². The van der Waals surface area contributed by atoms with Crippen molar-refractivity contribution in [2.75, 3.05) is 11.9 Å². The molecule has 2 aliphatic carbocycles. The average molecular weight is 296 g/mol. The first-order valence-electron chi connectivity index (χ1n) is 7.07. The van der Waals surface area contributed by atoms with Crippen LogP contribution in [-0.4, -0.2) is 11.5 Å². The number of rotatable bonds is 4. The Labute approximate surface area is 122 Å². The van der Waals surface area contributed by atoms with Crippen LogP contribution in [0.4, 0.5) is 14.5 Å². The number of fused-ring (bicyclic) bond motifs is 2. The molecule has 2 nitrogen and oxygen atoms in total. The molecular weight excluding hydrogens is 278 g/mol. The third-order valence-corrected chi connectivity index (χ3v) is 4.99. The fourth-order valence-electron chi connectivity index (χ4n) is 3.74. The highest BCUT2D eigenvalue weighted by atomic mass is 32.1. The molecule has 2 aliphatic rings. The topological polar surface area (TPSA) is 38.0 Å². The third-order valence-electron chi connectivity index (χ3n) is 4.75. The van der Waals surface area contributed by atoms with Crippen LogP contribution in [0.2, 0.25) is 0 Å². The zero-order chi connectivity index (χ0) is 14.3. The van der Waals surface area contributed by atoms with E-state index in [0.717, 1.165) is 11.8 Å². The first-order chi connectivity index (χ1) is 9.54. The van der Waals surface area contributed by atoms with Crippen molar-refractivity contribution in [3.63, 3.8) is 0 Å². The highest BCUT2D eigenvalue weighted by molar-refractivity contribution is 7.80. The number of anilines is 1. The van der Waals surface area contributed by atoms with E-state index < -0.39 is 11.6 Å². The van der Waals surface area contributed by atoms with E-state index in [1.54, 1.807) is 0 Å². The number of nitrogens with one attached hydrogen (secondary N) is 1. The Morgan fingerprint density at radius 2 is 1.95 bits per heavy atom. The molecule has 3 atom stereocenters. The standard InChI is InChI=1S/C15H18F2N2S/c16-12-5-10(15(18)20)6-13(17)14(12)19-7-11-4-8-1-2-9(11)3-8/h5-6,8-9,11,19H,1-4,7H2,(H2,18,20). The van der Waals surface area contributed by atoms with Crippen molar-refractivity contribution in [2.45, 2.75) is 25.7 Å². The van der Waals surface area contributed by atoms with Gasteiger partial charge in [-0.05, 0) is 49.1 Å². The van der Waals surface area contributed by atoms with Crippen LogP contribution < -0.4 is 11.1 Å². The molecule has 3 N–H and O–H groups in total. The van der Waals surface area contributed by atoms with Crippen molar-refractivity contribution in [1.29, 1.82) is 0 Å². The normalized spacial score (nSPS) is 27.8. The number of thiocarbonyl (C=S) groups is 1. The van der Waals surface area contributed by atoms with Crippen molar-refractivity contribution < 1.29 is 8.78 Å². The Morgan fingerprint density at radius 1 is 1.25 bits per heavy atom. The first-order valence-corrected chi connectivity index (χ1v) is 7.48. The second-order valence-electron chi connectivity index (χ2n) is 5.99. The minimum atomic E-state index is -0.629. The van der Waals surface area contributed by atoms with E-state index in [1.807, 2.05) is 0 Å². The lowest BCUT2D eigenvalue weighted by molar-refractivity contribution is 0.347. The number of nitrogens with two attached hydrogens (primary N) is 1. The highest BCUT2D eigenvalue weighted by Crippen LogP contribution is 2.48. The van der Waals surface area contributed by atoms with Crippen LogP contribution in [0.25, 0.3) is 0 Å². The molecule has 0 amide bonds. The molecule has 0 heterocycles. The molecule has 3 unspecified atom stereocenters. The van der Waals surface area contributed by atoms with E-state index >= 15 is 0 Å². The maximum Gasteiger partial charge on any atom is 0.150 e. The average Bonchev–Trinajstić information content (AvgIpc) is 2.99. The molecule has 0 radical (unpaired) electrons. The van der Waals surface area contributed by atoms with Gasteiger partial charge in [-0.3, -0.25) is 0 Å². The van der Waals surface area contributed by atoms with Gasteiger partial charge in [0.2, 0.25) is 0 Å². The second kappa shape index (κ2) is 5.28. The van der Waals surface area contributed by atoms with Gasteiger partial charge in [-0.15, -0.1) is 0 Å². The molecule has 20 heavy (non-hydrogen) atoms. The molecule has 2 bridgehead atoms. The summed E-state index contributed by atoms with van der Waals surface area (Å²) in [7, 11) is 0. The van der Waals surface area contributed by atoms with Gasteiger partial charge in [0.15, 0.2) is 0 Å². The first kappa shape index (κ1) is 13.7. The minimum Gasteiger partial charge on any atom is -0.389 e. The molecule has 1 aromatic carbocycles. The fraction of sp³-hybridized carbons (Fsp3) is 0.533. The molecule has 5 heteroatoms. The molecule has 3 rings (SSSR count). The Bertz CT molecular complexity index is 524. The molecule has 2 fully saturated rings. The second-order valence-corrected chi connectivity index (χ2v) is 6.43. The maximum atomic E-state index is 13.9. The van der Waals surface area contributed by atoms with E-state index in [0.29, 0.717) is 12.5 Å². The van der Waals surface area contributed by atoms with Gasteiger partial charge in [-0.2, -0.15) is 0 Å². The highest BCUT2D eigenvalue weighted by Gasteiger charge is 2.39. The summed E-state index contributed by atoms with van der Waals surface area (Å²) in [5.74, 6) is 0.850. The summed E-state index contributed by atoms with van der Waals surface area (Å²) in [5, 5.41) is 2.94. The van der Waals surface area contributed by atoms with Gasteiger partial charge in [0, 0.05) is 12.1 Å². The van der Waals surface area contributed by atoms with Gasteiger partial charge in [-0.25, -0.2) is 8.78 Å². The lowest BCUT2D eigenvalue weighted by Crippen LogP contribution is -2.21. The van der Waals surface area contributed by atoms with Gasteiger partial charge >= 0.3 is 0 Å². The summed E-state index contributed by atoms with van der Waals surface area (Å²) < 4.78 is 27.8. The van der Waals surface area contributed by atoms with Crippen LogP contribution in [0.5, 0.6) is 0 Å². The van der Waals surface area contributed by atoms with Crippen molar-refractivity contribution in [1.82, 2.24) is 0 Å². The number of halogens is 2. The zero-order valence-corrected chi connectivity index (χ0v) is 12.0. The SMILES string of the molecule is NC(=S)c1cc(F)c(NCC2CC3CCC2C3)c(F)c1. The Balaban J connectivity index is 1.70. The molecule has 0 saturated heterocycles. The number of hydrogen-bond acceptors (Lipinski definition) is 2. The largest absolute Gasteiger partial charge is 0.389 e. The minimum absolute atomic E-state index is 0.00227. The monoisotopic (exact) mass is 296 g/mol. The fourth-order valence-corrected chi connectivity index (χ4v) is 3.86. The van der Waals surface area contributed by atoms with E-state index in [4.69, 9.17) is 18.0 Å². The van der Waals surface area contributed by atoms with Crippen LogP contribution >= 0.6 is 12.2 Å². The van der Waals surface area contributed by atoms with Gasteiger partial charge in [0.25, 0.3) is 0 Å². The number of hydrogen-bond donors (Lipinski definition) is 2. The zero-order valence-electron chi connectivity index (χ0n) is 11.2. The van der Waals surface area contributed by atoms with E-state index in [1.165, 1.54) is 37.8 Å². The molecule has 0 spiro atoms. The molecule has 1 aromatic rings. The van der Waals surface area contributed by atoms with E-state index in [9.17, 15) is 8.78 Å². The van der Waals surface area contributed by atoms with Gasteiger partial charge < -0.3 is 11.1 Å². The Kier molecular flexibility index (Phi) is 3.63. The Hall–Kier alpha value is -1.23. The lowest BCUT2D eigenvalue weighted by atomic mass is 9.89. The van der Waals surface area contributed by atoms with E-state index in [2.05, 4.69) is 5.32 Å². The van der Waals surface area contributed by atoms with E-state index in [-0.39, 0.29) is 16.2 Å². The van der Waals surface area contributed by atoms with Crippen LogP contribution in [-0.2, 0) is 0 Å². The van der Waals surface area contributed by atoms with Crippen molar-refractivity contribution in [3.05, 3.63) is 29.3 Å². The molecule has 2 saturated carbocycles. The smallest absolute Gasteiger partial charge is 0.150 e. The van der Waals surface area contributed by atoms with Crippen LogP contribution in [0.15, 0.2) is 12.1 Å². The van der Waals surface area contributed by atoms with Crippen molar-refractivity contribution >= 4 is 22.9 Å². The maximum absolute atomic E-state index is 13.9. The summed E-state index contributed by atoms with van der Waals surface area (Å²) in [5.41, 5.74) is 5.55. The molecule has 0 aliphatic heterocycles. The molecule has 0 aromatic heterocycles. The van der Waals surface area contributed by atoms with Crippen LogP contribution in [0.1, 0.15) is 31.2 Å². The summed E-state index contributed by atoms with van der Waals surface area (Å²) in [4.78, 5) is 0.00227. The summed E-state index contributed by atoms with van der Waals surface area (Å²) >= 11 is 4.74. The van der Waals surface area contributed by atoms with Crippen LogP contribution in [0, 0.1) is 29.4 Å². The predicted octanol–water partition coefficient (Wildman–Crippen LogP) is 3.45. The molecule has 108 valence electrons. The van der Waals surface area contributed by atoms with Crippen molar-refractivity contribution in [3.8, 4) is 0 Å². The lowest BCUT2D eigenvalue weighted by Gasteiger charge is -2.22. The van der Waals surface area contributed by atoms with Crippen LogP contribution in [0.3, 0.4) is 0 Å². The van der Waals surface area contributed by atoms with Gasteiger partial charge in [-0.1, -0.05) is 18.6 Å². The Morgan fingerprint density at radius 3 is 2.45 bits per heavy atom. The predicted molar refractivity (Wildman–Crippen MR) is 79.7 cm³/mol. The third kappa shape index (κ3) is 2.51. The summed E-state index contributed by atoms with van der Waals surface area (Å²) in [6, 6.07) is 2.38.